The van der Waals surface area contributed by atoms with Gasteiger partial charge in [-0.15, -0.1) is 0 Å². The van der Waals surface area contributed by atoms with E-state index in [1.54, 1.807) is 6.08 Å². The first-order valence-electron chi connectivity index (χ1n) is 6.18. The maximum absolute atomic E-state index is 5.73. The Morgan fingerprint density at radius 1 is 1.12 bits per heavy atom. The molecule has 0 saturated carbocycles. The summed E-state index contributed by atoms with van der Waals surface area (Å²) in [4.78, 5) is 0. The summed E-state index contributed by atoms with van der Waals surface area (Å²) in [6.45, 7) is 18.1. The summed E-state index contributed by atoms with van der Waals surface area (Å²) >= 11 is 0. The Morgan fingerprint density at radius 2 is 1.62 bits per heavy atom. The van der Waals surface area contributed by atoms with Crippen LogP contribution in [0.2, 0.25) is 0 Å². The Bertz CT molecular complexity index is 232. The van der Waals surface area contributed by atoms with Crippen LogP contribution < -0.4 is 0 Å². The third-order valence-electron chi connectivity index (χ3n) is 1.85. The zero-order valence-corrected chi connectivity index (χ0v) is 12.0. The van der Waals surface area contributed by atoms with E-state index in [-0.39, 0.29) is 6.10 Å². The Morgan fingerprint density at radius 3 is 1.88 bits per heavy atom. The molecule has 0 amide bonds. The van der Waals surface area contributed by atoms with Crippen LogP contribution in [-0.4, -0.2) is 6.10 Å². The van der Waals surface area contributed by atoms with Crippen molar-refractivity contribution in [1.82, 2.24) is 0 Å². The highest BCUT2D eigenvalue weighted by molar-refractivity contribution is 5.29. The highest BCUT2D eigenvalue weighted by Gasteiger charge is 2.10. The molecule has 0 N–H and O–H groups in total. The lowest BCUT2D eigenvalue weighted by Gasteiger charge is -2.18. The normalized spacial score (nSPS) is 12.3. The molecule has 0 aromatic rings. The van der Waals surface area contributed by atoms with Gasteiger partial charge < -0.3 is 4.74 Å². The van der Waals surface area contributed by atoms with E-state index in [4.69, 9.17) is 4.74 Å². The molecule has 16 heavy (non-hydrogen) atoms. The molecule has 0 aliphatic rings. The fourth-order valence-corrected chi connectivity index (χ4v) is 1.32. The first kappa shape index (κ1) is 17.4. The summed E-state index contributed by atoms with van der Waals surface area (Å²) in [5.74, 6) is 1.41. The molecule has 0 aliphatic carbocycles. The smallest absolute Gasteiger partial charge is 0.122 e. The Hall–Kier alpha value is -0.980. The topological polar surface area (TPSA) is 9.23 Å². The second-order valence-corrected chi connectivity index (χ2v) is 3.83. The van der Waals surface area contributed by atoms with E-state index < -0.39 is 0 Å². The van der Waals surface area contributed by atoms with Crippen LogP contribution in [0.25, 0.3) is 0 Å². The predicted molar refractivity (Wildman–Crippen MR) is 74.4 cm³/mol. The summed E-state index contributed by atoms with van der Waals surface area (Å²) in [6, 6.07) is 0. The Balaban J connectivity index is 0. The SMILES string of the molecule is C=C/C=C(OC(C)C)\C(=C/C)C(C)C.CC. The number of allylic oxidation sites excluding steroid dienone is 4. The molecule has 0 fully saturated rings. The standard InChI is InChI=1S/C13H22O.C2H6/c1-7-9-13(14-11(5)6)12(8-2)10(3)4;1-2/h7-11H,1H2,2-6H3;1-2H3/b12-8-,13-9+;. The van der Waals surface area contributed by atoms with Crippen molar-refractivity contribution in [2.45, 2.75) is 54.6 Å². The first-order chi connectivity index (χ1) is 7.52. The fraction of sp³-hybridized carbons (Fsp3) is 0.600. The van der Waals surface area contributed by atoms with Crippen LogP contribution in [0.1, 0.15) is 48.5 Å². The van der Waals surface area contributed by atoms with Crippen LogP contribution in [0.3, 0.4) is 0 Å². The molecule has 0 atom stereocenters. The molecule has 0 unspecified atom stereocenters. The quantitative estimate of drug-likeness (QED) is 0.466. The number of rotatable bonds is 5. The second-order valence-electron chi connectivity index (χ2n) is 3.83. The fourth-order valence-electron chi connectivity index (χ4n) is 1.32. The van der Waals surface area contributed by atoms with E-state index in [2.05, 4.69) is 26.5 Å². The van der Waals surface area contributed by atoms with Crippen molar-refractivity contribution in [1.29, 1.82) is 0 Å². The summed E-state index contributed by atoms with van der Waals surface area (Å²) < 4.78 is 5.73. The number of hydrogen-bond acceptors (Lipinski definition) is 1. The molecular weight excluding hydrogens is 196 g/mol. The lowest BCUT2D eigenvalue weighted by Crippen LogP contribution is -2.07. The van der Waals surface area contributed by atoms with Gasteiger partial charge in [0.1, 0.15) is 5.76 Å². The molecule has 0 bridgehead atoms. The van der Waals surface area contributed by atoms with Crippen LogP contribution in [0.4, 0.5) is 0 Å². The molecule has 1 heteroatoms. The monoisotopic (exact) mass is 224 g/mol. The van der Waals surface area contributed by atoms with Gasteiger partial charge in [-0.3, -0.25) is 0 Å². The molecular formula is C15H28O. The molecule has 0 rings (SSSR count). The van der Waals surface area contributed by atoms with Gasteiger partial charge in [0.2, 0.25) is 0 Å². The van der Waals surface area contributed by atoms with Crippen molar-refractivity contribution < 1.29 is 4.74 Å². The minimum atomic E-state index is 0.204. The first-order valence-corrected chi connectivity index (χ1v) is 6.18. The van der Waals surface area contributed by atoms with Gasteiger partial charge in [-0.1, -0.05) is 46.4 Å². The third-order valence-corrected chi connectivity index (χ3v) is 1.85. The van der Waals surface area contributed by atoms with Gasteiger partial charge in [-0.05, 0) is 38.3 Å². The van der Waals surface area contributed by atoms with Gasteiger partial charge in [-0.25, -0.2) is 0 Å². The lowest BCUT2D eigenvalue weighted by molar-refractivity contribution is 0.151. The van der Waals surface area contributed by atoms with E-state index >= 15 is 0 Å². The van der Waals surface area contributed by atoms with Gasteiger partial charge in [0.15, 0.2) is 0 Å². The third kappa shape index (κ3) is 7.33. The lowest BCUT2D eigenvalue weighted by atomic mass is 10.0. The van der Waals surface area contributed by atoms with Gasteiger partial charge in [0.05, 0.1) is 6.10 Å². The molecule has 0 saturated heterocycles. The minimum Gasteiger partial charge on any atom is -0.491 e. The van der Waals surface area contributed by atoms with E-state index in [0.29, 0.717) is 5.92 Å². The molecule has 1 nitrogen and oxygen atoms in total. The minimum absolute atomic E-state index is 0.204. The van der Waals surface area contributed by atoms with Crippen molar-refractivity contribution >= 4 is 0 Å². The Kier molecular flexibility index (Phi) is 11.5. The molecule has 0 aliphatic heterocycles. The van der Waals surface area contributed by atoms with E-state index in [9.17, 15) is 0 Å². The van der Waals surface area contributed by atoms with Gasteiger partial charge in [-0.2, -0.15) is 0 Å². The molecule has 94 valence electrons. The Labute approximate surface area is 102 Å². The predicted octanol–water partition coefficient (Wildman–Crippen LogP) is 5.11. The zero-order chi connectivity index (χ0) is 13.1. The van der Waals surface area contributed by atoms with Crippen LogP contribution >= 0.6 is 0 Å². The van der Waals surface area contributed by atoms with Crippen LogP contribution in [-0.2, 0) is 4.74 Å². The van der Waals surface area contributed by atoms with E-state index in [0.717, 1.165) is 5.76 Å². The largest absolute Gasteiger partial charge is 0.491 e. The average Bonchev–Trinajstić information content (AvgIpc) is 2.20. The molecule has 0 radical (unpaired) electrons. The summed E-state index contributed by atoms with van der Waals surface area (Å²) in [5.41, 5.74) is 1.23. The maximum Gasteiger partial charge on any atom is 0.122 e. The van der Waals surface area contributed by atoms with Crippen molar-refractivity contribution in [2.75, 3.05) is 0 Å². The second kappa shape index (κ2) is 10.5. The van der Waals surface area contributed by atoms with E-state index in [1.807, 2.05) is 40.7 Å². The molecule has 0 spiro atoms. The van der Waals surface area contributed by atoms with Gasteiger partial charge >= 0.3 is 0 Å². The van der Waals surface area contributed by atoms with Crippen molar-refractivity contribution in [3.8, 4) is 0 Å². The molecule has 0 heterocycles. The molecule has 0 aromatic carbocycles. The summed E-state index contributed by atoms with van der Waals surface area (Å²) in [6.07, 6.45) is 6.00. The average molecular weight is 224 g/mol. The van der Waals surface area contributed by atoms with Gasteiger partial charge in [0.25, 0.3) is 0 Å². The summed E-state index contributed by atoms with van der Waals surface area (Å²) in [5, 5.41) is 0. The van der Waals surface area contributed by atoms with Crippen LogP contribution in [0, 0.1) is 5.92 Å². The molecule has 0 aromatic heterocycles. The zero-order valence-electron chi connectivity index (χ0n) is 12.0. The van der Waals surface area contributed by atoms with Crippen molar-refractivity contribution in [3.63, 3.8) is 0 Å². The van der Waals surface area contributed by atoms with Gasteiger partial charge in [0, 0.05) is 0 Å². The highest BCUT2D eigenvalue weighted by atomic mass is 16.5. The van der Waals surface area contributed by atoms with Crippen LogP contribution in [0.15, 0.2) is 36.1 Å². The van der Waals surface area contributed by atoms with Crippen LogP contribution in [0.5, 0.6) is 0 Å². The highest BCUT2D eigenvalue weighted by Crippen LogP contribution is 2.21. The number of hydrogen-bond donors (Lipinski definition) is 0. The maximum atomic E-state index is 5.73. The summed E-state index contributed by atoms with van der Waals surface area (Å²) in [7, 11) is 0. The number of ether oxygens (including phenoxy) is 1. The van der Waals surface area contributed by atoms with E-state index in [1.165, 1.54) is 5.57 Å². The van der Waals surface area contributed by atoms with Crippen molar-refractivity contribution in [3.05, 3.63) is 36.1 Å². The van der Waals surface area contributed by atoms with Crippen molar-refractivity contribution in [2.24, 2.45) is 5.92 Å².